The summed E-state index contributed by atoms with van der Waals surface area (Å²) in [5, 5.41) is 6.36. The van der Waals surface area contributed by atoms with Gasteiger partial charge in [0.15, 0.2) is 16.6 Å². The van der Waals surface area contributed by atoms with Gasteiger partial charge in [-0.1, -0.05) is 23.7 Å². The van der Waals surface area contributed by atoms with Crippen molar-refractivity contribution in [1.82, 2.24) is 15.3 Å². The van der Waals surface area contributed by atoms with Crippen molar-refractivity contribution in [2.75, 3.05) is 12.1 Å². The molecule has 3 aromatic carbocycles. The number of hydrogen-bond acceptors (Lipinski definition) is 5. The van der Waals surface area contributed by atoms with Gasteiger partial charge in [0.1, 0.15) is 5.82 Å². The van der Waals surface area contributed by atoms with Crippen molar-refractivity contribution in [2.45, 2.75) is 0 Å². The van der Waals surface area contributed by atoms with Crippen molar-refractivity contribution in [2.24, 2.45) is 0 Å². The van der Waals surface area contributed by atoms with Gasteiger partial charge in [0.05, 0.1) is 16.1 Å². The second-order valence-corrected chi connectivity index (χ2v) is 7.59. The van der Waals surface area contributed by atoms with Gasteiger partial charge in [-0.15, -0.1) is 0 Å². The van der Waals surface area contributed by atoms with Crippen LogP contribution in [0.4, 0.5) is 5.69 Å². The number of anilines is 1. The minimum Gasteiger partial charge on any atom is -0.454 e. The van der Waals surface area contributed by atoms with Crippen molar-refractivity contribution in [3.63, 3.8) is 0 Å². The molecule has 1 aliphatic rings. The fraction of sp³-hybridized carbons (Fsp3) is 0.0455. The second kappa shape index (κ2) is 7.90. The number of rotatable bonds is 3. The highest BCUT2D eigenvalue weighted by molar-refractivity contribution is 7.80. The summed E-state index contributed by atoms with van der Waals surface area (Å²) in [7, 11) is 0. The number of amides is 1. The molecule has 4 aromatic rings. The van der Waals surface area contributed by atoms with Crippen molar-refractivity contribution in [3.8, 4) is 22.9 Å². The predicted molar refractivity (Wildman–Crippen MR) is 123 cm³/mol. The Morgan fingerprint density at radius 2 is 1.90 bits per heavy atom. The van der Waals surface area contributed by atoms with Gasteiger partial charge in [0, 0.05) is 16.8 Å². The van der Waals surface area contributed by atoms with Crippen molar-refractivity contribution >= 4 is 51.6 Å². The maximum Gasteiger partial charge on any atom is 0.257 e. The Balaban J connectivity index is 1.32. The number of thiocarbonyl (C=S) groups is 1. The first-order chi connectivity index (χ1) is 15.1. The first-order valence-corrected chi connectivity index (χ1v) is 10.1. The Bertz CT molecular complexity index is 1300. The number of nitrogens with one attached hydrogen (secondary N) is 3. The van der Waals surface area contributed by atoms with Crippen LogP contribution in [0.2, 0.25) is 5.02 Å². The lowest BCUT2D eigenvalue weighted by atomic mass is 10.2. The van der Waals surface area contributed by atoms with Crippen molar-refractivity contribution in [3.05, 3.63) is 71.2 Å². The van der Waals surface area contributed by atoms with E-state index >= 15 is 0 Å². The number of hydrogen-bond donors (Lipinski definition) is 3. The number of nitrogens with zero attached hydrogens (tertiary/aromatic N) is 1. The van der Waals surface area contributed by atoms with Gasteiger partial charge in [0.25, 0.3) is 5.91 Å². The monoisotopic (exact) mass is 450 g/mol. The van der Waals surface area contributed by atoms with Gasteiger partial charge in [-0.25, -0.2) is 4.98 Å². The lowest BCUT2D eigenvalue weighted by Crippen LogP contribution is -2.34. The minimum atomic E-state index is -0.359. The molecule has 0 unspecified atom stereocenters. The average Bonchev–Trinajstić information content (AvgIpc) is 3.41. The molecule has 1 aliphatic heterocycles. The normalized spacial score (nSPS) is 12.0. The highest BCUT2D eigenvalue weighted by Gasteiger charge is 2.17. The molecule has 154 valence electrons. The summed E-state index contributed by atoms with van der Waals surface area (Å²) in [6, 6.07) is 18.0. The minimum absolute atomic E-state index is 0.143. The van der Waals surface area contributed by atoms with Gasteiger partial charge in [0.2, 0.25) is 6.79 Å². The molecule has 1 amide bonds. The van der Waals surface area contributed by atoms with E-state index < -0.39 is 0 Å². The van der Waals surface area contributed by atoms with Crippen LogP contribution >= 0.6 is 23.8 Å². The van der Waals surface area contributed by atoms with Gasteiger partial charge < -0.3 is 19.8 Å². The highest BCUT2D eigenvalue weighted by atomic mass is 35.5. The van der Waals surface area contributed by atoms with E-state index in [1.807, 2.05) is 30.3 Å². The number of aromatic amines is 1. The van der Waals surface area contributed by atoms with Crippen LogP contribution in [0.15, 0.2) is 60.7 Å². The molecule has 9 heteroatoms. The maximum atomic E-state index is 12.5. The van der Waals surface area contributed by atoms with E-state index in [-0.39, 0.29) is 17.8 Å². The predicted octanol–water partition coefficient (Wildman–Crippen LogP) is 4.74. The summed E-state index contributed by atoms with van der Waals surface area (Å²) in [6.07, 6.45) is 0. The Kier molecular flexibility index (Phi) is 4.93. The first kappa shape index (κ1) is 19.3. The Morgan fingerprint density at radius 3 is 2.77 bits per heavy atom. The summed E-state index contributed by atoms with van der Waals surface area (Å²) in [6.45, 7) is 0.143. The molecule has 0 atom stereocenters. The van der Waals surface area contributed by atoms with E-state index in [4.69, 9.17) is 33.3 Å². The second-order valence-electron chi connectivity index (χ2n) is 6.77. The van der Waals surface area contributed by atoms with Gasteiger partial charge in [-0.05, 0) is 60.7 Å². The summed E-state index contributed by atoms with van der Waals surface area (Å²) >= 11 is 11.7. The average molecular weight is 451 g/mol. The summed E-state index contributed by atoms with van der Waals surface area (Å²) in [5.74, 6) is 1.42. The largest absolute Gasteiger partial charge is 0.454 e. The zero-order valence-electron chi connectivity index (χ0n) is 15.9. The SMILES string of the molecule is O=C(NC(=S)Nc1ccc(Cl)c(-c2nc3ccccc3[nH]2)c1)c1ccc2c(c1)OCO2. The number of halogens is 1. The van der Waals surface area contributed by atoms with E-state index in [1.165, 1.54) is 0 Å². The molecule has 31 heavy (non-hydrogen) atoms. The first-order valence-electron chi connectivity index (χ1n) is 9.33. The lowest BCUT2D eigenvalue weighted by molar-refractivity contribution is 0.0977. The molecule has 0 saturated heterocycles. The Morgan fingerprint density at radius 1 is 1.06 bits per heavy atom. The van der Waals surface area contributed by atoms with Crippen LogP contribution in [0, 0.1) is 0 Å². The zero-order chi connectivity index (χ0) is 21.4. The molecule has 0 saturated carbocycles. The van der Waals surface area contributed by atoms with E-state index in [0.717, 1.165) is 11.0 Å². The molecule has 3 N–H and O–H groups in total. The third kappa shape index (κ3) is 3.90. The van der Waals surface area contributed by atoms with Gasteiger partial charge >= 0.3 is 0 Å². The summed E-state index contributed by atoms with van der Waals surface area (Å²) in [5.41, 5.74) is 3.55. The van der Waals surface area contributed by atoms with Gasteiger partial charge in [-0.3, -0.25) is 10.1 Å². The quantitative estimate of drug-likeness (QED) is 0.391. The number of carbonyl (C=O) groups excluding carboxylic acids is 1. The van der Waals surface area contributed by atoms with Crippen LogP contribution in [0.1, 0.15) is 10.4 Å². The van der Waals surface area contributed by atoms with Crippen LogP contribution in [0.5, 0.6) is 11.5 Å². The fourth-order valence-electron chi connectivity index (χ4n) is 3.24. The standard InChI is InChI=1S/C22H15ClN4O3S/c23-15-7-6-13(10-14(15)20-25-16-3-1-2-4-17(16)26-20)24-22(31)27-21(28)12-5-8-18-19(9-12)30-11-29-18/h1-10H,11H2,(H,25,26)(H2,24,27,28,31). The highest BCUT2D eigenvalue weighted by Crippen LogP contribution is 2.33. The van der Waals surface area contributed by atoms with Crippen LogP contribution in [-0.4, -0.2) is 27.8 Å². The molecule has 1 aromatic heterocycles. The van der Waals surface area contributed by atoms with Crippen LogP contribution < -0.4 is 20.1 Å². The van der Waals surface area contributed by atoms with Gasteiger partial charge in [-0.2, -0.15) is 0 Å². The lowest BCUT2D eigenvalue weighted by Gasteiger charge is -2.11. The number of para-hydroxylation sites is 2. The molecular formula is C22H15ClN4O3S. The zero-order valence-corrected chi connectivity index (χ0v) is 17.5. The molecule has 0 bridgehead atoms. The van der Waals surface area contributed by atoms with Crippen molar-refractivity contribution < 1.29 is 14.3 Å². The third-order valence-corrected chi connectivity index (χ3v) is 5.26. The number of aromatic nitrogens is 2. The van der Waals surface area contributed by atoms with Crippen LogP contribution in [0.3, 0.4) is 0 Å². The molecule has 0 aliphatic carbocycles. The number of H-pyrrole nitrogens is 1. The topological polar surface area (TPSA) is 88.3 Å². The summed E-state index contributed by atoms with van der Waals surface area (Å²) in [4.78, 5) is 20.4. The van der Waals surface area contributed by atoms with E-state index in [1.54, 1.807) is 30.3 Å². The number of fused-ring (bicyclic) bond motifs is 2. The smallest absolute Gasteiger partial charge is 0.257 e. The third-order valence-electron chi connectivity index (χ3n) is 4.73. The molecule has 0 radical (unpaired) electrons. The Hall–Kier alpha value is -3.62. The maximum absolute atomic E-state index is 12.5. The molecule has 7 nitrogen and oxygen atoms in total. The molecule has 5 rings (SSSR count). The number of imidazole rings is 1. The van der Waals surface area contributed by atoms with E-state index in [2.05, 4.69) is 20.6 Å². The van der Waals surface area contributed by atoms with Crippen molar-refractivity contribution in [1.29, 1.82) is 0 Å². The molecule has 0 spiro atoms. The Labute approximate surface area is 187 Å². The summed E-state index contributed by atoms with van der Waals surface area (Å²) < 4.78 is 10.6. The number of ether oxygens (including phenoxy) is 2. The van der Waals surface area contributed by atoms with Crippen LogP contribution in [0.25, 0.3) is 22.4 Å². The molecular weight excluding hydrogens is 436 g/mol. The van der Waals surface area contributed by atoms with E-state index in [9.17, 15) is 4.79 Å². The van der Waals surface area contributed by atoms with Crippen LogP contribution in [-0.2, 0) is 0 Å². The fourth-order valence-corrected chi connectivity index (χ4v) is 3.66. The number of benzene rings is 3. The van der Waals surface area contributed by atoms with E-state index in [0.29, 0.717) is 39.2 Å². The molecule has 0 fully saturated rings. The number of carbonyl (C=O) groups is 1. The molecule has 2 heterocycles.